The van der Waals surface area contributed by atoms with Crippen LogP contribution in [0.4, 0.5) is 0 Å². The van der Waals surface area contributed by atoms with Gasteiger partial charge in [-0.1, -0.05) is 38.9 Å². The van der Waals surface area contributed by atoms with E-state index in [0.717, 1.165) is 10.9 Å². The molecule has 0 heterocycles. The number of thiol groups is 1. The quantitative estimate of drug-likeness (QED) is 0.653. The Balaban J connectivity index is 2.42. The smallest absolute Gasteiger partial charge is 0.126 e. The summed E-state index contributed by atoms with van der Waals surface area (Å²) in [4.78, 5) is 0. The first kappa shape index (κ1) is 14.4. The molecule has 1 nitrogen and oxygen atoms in total. The van der Waals surface area contributed by atoms with Crippen molar-refractivity contribution in [2.75, 3.05) is 0 Å². The lowest BCUT2D eigenvalue weighted by Crippen LogP contribution is -2.10. The summed E-state index contributed by atoms with van der Waals surface area (Å²) >= 11 is 4.53. The average Bonchev–Trinajstić information content (AvgIpc) is 2.35. The van der Waals surface area contributed by atoms with Crippen molar-refractivity contribution in [3.05, 3.63) is 53.1 Å². The Hall–Kier alpha value is -0.980. The highest BCUT2D eigenvalue weighted by Crippen LogP contribution is 2.27. The van der Waals surface area contributed by atoms with Gasteiger partial charge in [-0.15, -0.1) is 0 Å². The van der Waals surface area contributed by atoms with Gasteiger partial charge in [-0.25, -0.2) is 0 Å². The van der Waals surface area contributed by atoms with Gasteiger partial charge in [0, 0.05) is 10.6 Å². The van der Waals surface area contributed by atoms with E-state index in [1.165, 1.54) is 16.4 Å². The predicted molar refractivity (Wildman–Crippen MR) is 89.0 cm³/mol. The van der Waals surface area contributed by atoms with Crippen LogP contribution in [0.5, 0.6) is 5.75 Å². The van der Waals surface area contributed by atoms with Gasteiger partial charge in [0.1, 0.15) is 5.75 Å². The maximum atomic E-state index is 10.2. The second-order valence-electron chi connectivity index (χ2n) is 4.87. The van der Waals surface area contributed by atoms with Gasteiger partial charge in [0.25, 0.3) is 0 Å². The van der Waals surface area contributed by atoms with Crippen molar-refractivity contribution in [3.63, 3.8) is 0 Å². The number of phenols is 1. The van der Waals surface area contributed by atoms with E-state index in [2.05, 4.69) is 44.7 Å². The predicted octanol–water partition coefficient (Wildman–Crippen LogP) is 3.63. The van der Waals surface area contributed by atoms with Gasteiger partial charge >= 0.3 is 0 Å². The van der Waals surface area contributed by atoms with Crippen LogP contribution in [-0.4, -0.2) is 5.11 Å². The minimum atomic E-state index is 0.205. The van der Waals surface area contributed by atoms with Gasteiger partial charge in [-0.05, 0) is 48.8 Å². The van der Waals surface area contributed by atoms with Gasteiger partial charge < -0.3 is 5.11 Å². The van der Waals surface area contributed by atoms with E-state index in [-0.39, 0.29) is 5.25 Å². The molecule has 0 aliphatic carbocycles. The van der Waals surface area contributed by atoms with Crippen LogP contribution in [0.3, 0.4) is 0 Å². The van der Waals surface area contributed by atoms with Crippen molar-refractivity contribution in [1.29, 1.82) is 0 Å². The fraction of sp³-hybridized carbons (Fsp3) is 0.250. The van der Waals surface area contributed by atoms with Gasteiger partial charge in [0.15, 0.2) is 0 Å². The molecule has 2 rings (SSSR count). The van der Waals surface area contributed by atoms with Gasteiger partial charge in [0.05, 0.1) is 0 Å². The lowest BCUT2D eigenvalue weighted by atomic mass is 10.1. The SMILES string of the molecule is Cc1cc(C)c(O)c(Pc2ccccc2C(C)S)c1. The molecule has 3 heteroatoms. The third-order valence-electron chi connectivity index (χ3n) is 3.13. The summed E-state index contributed by atoms with van der Waals surface area (Å²) in [6, 6.07) is 12.4. The highest BCUT2D eigenvalue weighted by Gasteiger charge is 2.11. The monoisotopic (exact) mass is 290 g/mol. The van der Waals surface area contributed by atoms with Gasteiger partial charge in [-0.2, -0.15) is 12.6 Å². The van der Waals surface area contributed by atoms with Crippen LogP contribution in [0.25, 0.3) is 0 Å². The molecule has 2 atom stereocenters. The van der Waals surface area contributed by atoms with Gasteiger partial charge in [-0.3, -0.25) is 0 Å². The van der Waals surface area contributed by atoms with Crippen molar-refractivity contribution in [3.8, 4) is 5.75 Å². The lowest BCUT2D eigenvalue weighted by Gasteiger charge is -2.14. The van der Waals surface area contributed by atoms with Crippen LogP contribution < -0.4 is 10.6 Å². The molecule has 0 amide bonds. The molecule has 0 fully saturated rings. The average molecular weight is 290 g/mol. The Morgan fingerprint density at radius 2 is 1.79 bits per heavy atom. The minimum Gasteiger partial charge on any atom is -0.507 e. The summed E-state index contributed by atoms with van der Waals surface area (Å²) in [5.41, 5.74) is 3.37. The first-order valence-electron chi connectivity index (χ1n) is 6.33. The van der Waals surface area contributed by atoms with Crippen LogP contribution in [0.15, 0.2) is 36.4 Å². The Morgan fingerprint density at radius 1 is 1.11 bits per heavy atom. The fourth-order valence-corrected chi connectivity index (χ4v) is 4.05. The Morgan fingerprint density at radius 3 is 2.47 bits per heavy atom. The molecule has 0 aromatic heterocycles. The molecule has 0 saturated heterocycles. The van der Waals surface area contributed by atoms with Gasteiger partial charge in [0.2, 0.25) is 0 Å². The lowest BCUT2D eigenvalue weighted by molar-refractivity contribution is 0.475. The van der Waals surface area contributed by atoms with Crippen molar-refractivity contribution >= 4 is 31.8 Å². The van der Waals surface area contributed by atoms with E-state index in [9.17, 15) is 5.11 Å². The number of rotatable bonds is 3. The summed E-state index contributed by atoms with van der Waals surface area (Å²) < 4.78 is 0. The summed E-state index contributed by atoms with van der Waals surface area (Å²) in [6.45, 7) is 6.09. The van der Waals surface area contributed by atoms with Crippen LogP contribution in [0, 0.1) is 13.8 Å². The molecule has 2 aromatic rings. The molecule has 19 heavy (non-hydrogen) atoms. The summed E-state index contributed by atoms with van der Waals surface area (Å²) in [6.07, 6.45) is 0. The summed E-state index contributed by atoms with van der Waals surface area (Å²) in [5, 5.41) is 12.7. The highest BCUT2D eigenvalue weighted by molar-refractivity contribution is 7.80. The molecule has 1 N–H and O–H groups in total. The van der Waals surface area contributed by atoms with Crippen LogP contribution in [-0.2, 0) is 0 Å². The Kier molecular flexibility index (Phi) is 4.54. The molecule has 0 bridgehead atoms. The van der Waals surface area contributed by atoms with Crippen molar-refractivity contribution in [2.45, 2.75) is 26.0 Å². The zero-order valence-corrected chi connectivity index (χ0v) is 13.3. The maximum absolute atomic E-state index is 10.2. The van der Waals surface area contributed by atoms with Crippen molar-refractivity contribution < 1.29 is 5.11 Å². The first-order valence-corrected chi connectivity index (χ1v) is 7.85. The zero-order valence-electron chi connectivity index (χ0n) is 11.4. The second-order valence-corrected chi connectivity index (χ2v) is 6.97. The topological polar surface area (TPSA) is 20.2 Å². The third-order valence-corrected chi connectivity index (χ3v) is 4.78. The van der Waals surface area contributed by atoms with Crippen LogP contribution in [0.1, 0.15) is 28.9 Å². The Bertz CT molecular complexity index is 593. The molecule has 2 aromatic carbocycles. The zero-order chi connectivity index (χ0) is 14.0. The molecule has 0 aliphatic heterocycles. The summed E-state index contributed by atoms with van der Waals surface area (Å²) in [7, 11) is 0.461. The van der Waals surface area contributed by atoms with E-state index in [0.29, 0.717) is 14.3 Å². The molecular weight excluding hydrogens is 271 g/mol. The van der Waals surface area contributed by atoms with E-state index >= 15 is 0 Å². The number of aromatic hydroxyl groups is 1. The molecule has 0 saturated carbocycles. The van der Waals surface area contributed by atoms with Crippen LogP contribution in [0.2, 0.25) is 0 Å². The largest absolute Gasteiger partial charge is 0.507 e. The number of aryl methyl sites for hydroxylation is 2. The van der Waals surface area contributed by atoms with E-state index < -0.39 is 0 Å². The number of phenolic OH excluding ortho intramolecular Hbond substituents is 1. The van der Waals surface area contributed by atoms with E-state index in [4.69, 9.17) is 0 Å². The molecule has 100 valence electrons. The maximum Gasteiger partial charge on any atom is 0.126 e. The standard InChI is InChI=1S/C16H19OPS/c1-10-8-11(2)16(17)15(9-10)18-14-7-5-4-6-13(14)12(3)19/h4-9,12,17-19H,1-3H3. The molecule has 2 unspecified atom stereocenters. The second kappa shape index (κ2) is 5.98. The number of hydrogen-bond donors (Lipinski definition) is 2. The first-order chi connectivity index (χ1) is 8.99. The molecular formula is C16H19OPS. The van der Waals surface area contributed by atoms with Crippen LogP contribution >= 0.6 is 21.2 Å². The van der Waals surface area contributed by atoms with Crippen molar-refractivity contribution in [1.82, 2.24) is 0 Å². The summed E-state index contributed by atoms with van der Waals surface area (Å²) in [5.74, 6) is 0.422. The van der Waals surface area contributed by atoms with Crippen molar-refractivity contribution in [2.24, 2.45) is 0 Å². The third kappa shape index (κ3) is 3.32. The number of benzene rings is 2. The normalized spacial score (nSPS) is 13.1. The minimum absolute atomic E-state index is 0.205. The van der Waals surface area contributed by atoms with E-state index in [1.54, 1.807) is 0 Å². The molecule has 0 radical (unpaired) electrons. The molecule has 0 spiro atoms. The van der Waals surface area contributed by atoms with E-state index in [1.807, 2.05) is 25.1 Å². The highest BCUT2D eigenvalue weighted by atomic mass is 32.1. The molecule has 0 aliphatic rings. The Labute approximate surface area is 122 Å². The number of hydrogen-bond acceptors (Lipinski definition) is 2. The fourth-order valence-electron chi connectivity index (χ4n) is 2.18.